The Morgan fingerprint density at radius 2 is 2.15 bits per heavy atom. The van der Waals surface area contributed by atoms with Crippen LogP contribution in [0.4, 0.5) is 0 Å². The number of rotatable bonds is 7. The van der Waals surface area contributed by atoms with E-state index in [0.717, 1.165) is 34.6 Å². The first-order chi connectivity index (χ1) is 9.58. The smallest absolute Gasteiger partial charge is 0.306 e. The van der Waals surface area contributed by atoms with Gasteiger partial charge in [-0.2, -0.15) is 11.8 Å². The molecule has 20 heavy (non-hydrogen) atoms. The van der Waals surface area contributed by atoms with E-state index >= 15 is 0 Å². The standard InChI is InChI=1S/C15H19BrO3S/c1-18-12-3-4-13(16)11(7-12)9-20-10-15(5-6-15)8-14(17)19-2/h3-4,7H,5-6,8-10H2,1-2H3. The van der Waals surface area contributed by atoms with Gasteiger partial charge < -0.3 is 9.47 Å². The summed E-state index contributed by atoms with van der Waals surface area (Å²) in [6.07, 6.45) is 2.82. The number of methoxy groups -OCH3 is 2. The highest BCUT2D eigenvalue weighted by Crippen LogP contribution is 2.51. The van der Waals surface area contributed by atoms with E-state index in [9.17, 15) is 4.79 Å². The summed E-state index contributed by atoms with van der Waals surface area (Å²) in [7, 11) is 3.13. The quantitative estimate of drug-likeness (QED) is 0.689. The van der Waals surface area contributed by atoms with Crippen molar-refractivity contribution in [3.63, 3.8) is 0 Å². The first-order valence-electron chi connectivity index (χ1n) is 6.55. The van der Waals surface area contributed by atoms with Crippen LogP contribution in [0.15, 0.2) is 22.7 Å². The van der Waals surface area contributed by atoms with Gasteiger partial charge in [0, 0.05) is 10.2 Å². The Hall–Kier alpha value is -0.680. The fourth-order valence-electron chi connectivity index (χ4n) is 2.09. The van der Waals surface area contributed by atoms with Crippen LogP contribution in [0, 0.1) is 5.41 Å². The Morgan fingerprint density at radius 3 is 2.75 bits per heavy atom. The largest absolute Gasteiger partial charge is 0.497 e. The van der Waals surface area contributed by atoms with E-state index in [1.165, 1.54) is 12.7 Å². The molecule has 0 bridgehead atoms. The lowest BCUT2D eigenvalue weighted by Gasteiger charge is -2.13. The Kier molecular flexibility index (Phi) is 5.38. The van der Waals surface area contributed by atoms with Gasteiger partial charge in [0.05, 0.1) is 20.6 Å². The molecule has 5 heteroatoms. The molecule has 3 nitrogen and oxygen atoms in total. The van der Waals surface area contributed by atoms with Crippen molar-refractivity contribution < 1.29 is 14.3 Å². The number of carbonyl (C=O) groups is 1. The minimum absolute atomic E-state index is 0.0920. The number of hydrogen-bond acceptors (Lipinski definition) is 4. The van der Waals surface area contributed by atoms with Crippen LogP contribution >= 0.6 is 27.7 Å². The van der Waals surface area contributed by atoms with Crippen LogP contribution in [-0.4, -0.2) is 25.9 Å². The molecule has 1 aromatic carbocycles. The van der Waals surface area contributed by atoms with Gasteiger partial charge in [-0.05, 0) is 47.8 Å². The Bertz CT molecular complexity index is 486. The van der Waals surface area contributed by atoms with E-state index in [-0.39, 0.29) is 11.4 Å². The summed E-state index contributed by atoms with van der Waals surface area (Å²) in [6, 6.07) is 6.00. The molecule has 2 rings (SSSR count). The summed E-state index contributed by atoms with van der Waals surface area (Å²) >= 11 is 5.43. The number of benzene rings is 1. The molecular weight excluding hydrogens is 340 g/mol. The molecule has 0 amide bonds. The van der Waals surface area contributed by atoms with Crippen LogP contribution in [0.1, 0.15) is 24.8 Å². The number of ether oxygens (including phenoxy) is 2. The van der Waals surface area contributed by atoms with E-state index in [0.29, 0.717) is 6.42 Å². The lowest BCUT2D eigenvalue weighted by atomic mass is 10.1. The summed E-state index contributed by atoms with van der Waals surface area (Å²) in [5, 5.41) is 0. The summed E-state index contributed by atoms with van der Waals surface area (Å²) in [5.74, 6) is 2.71. The minimum Gasteiger partial charge on any atom is -0.497 e. The summed E-state index contributed by atoms with van der Waals surface area (Å²) in [5.41, 5.74) is 1.41. The van der Waals surface area contributed by atoms with Crippen molar-refractivity contribution in [2.75, 3.05) is 20.0 Å². The van der Waals surface area contributed by atoms with Crippen LogP contribution in [0.5, 0.6) is 5.75 Å². The molecule has 110 valence electrons. The molecule has 0 heterocycles. The molecule has 1 aliphatic rings. The molecule has 0 radical (unpaired) electrons. The highest BCUT2D eigenvalue weighted by molar-refractivity contribution is 9.10. The fourth-order valence-corrected chi connectivity index (χ4v) is 4.05. The molecule has 1 aromatic rings. The SMILES string of the molecule is COC(=O)CC1(CSCc2cc(OC)ccc2Br)CC1. The van der Waals surface area contributed by atoms with Crippen molar-refractivity contribution in [3.05, 3.63) is 28.2 Å². The third-order valence-electron chi connectivity index (χ3n) is 3.62. The number of carbonyl (C=O) groups excluding carboxylic acids is 1. The van der Waals surface area contributed by atoms with Crippen LogP contribution in [0.2, 0.25) is 0 Å². The van der Waals surface area contributed by atoms with Gasteiger partial charge in [-0.15, -0.1) is 0 Å². The zero-order chi connectivity index (χ0) is 14.6. The number of halogens is 1. The van der Waals surface area contributed by atoms with Gasteiger partial charge in [0.15, 0.2) is 0 Å². The normalized spacial score (nSPS) is 15.8. The van der Waals surface area contributed by atoms with Crippen LogP contribution in [0.3, 0.4) is 0 Å². The third kappa shape index (κ3) is 4.16. The van der Waals surface area contributed by atoms with Gasteiger partial charge in [-0.25, -0.2) is 0 Å². The first kappa shape index (κ1) is 15.7. The van der Waals surface area contributed by atoms with E-state index in [1.54, 1.807) is 7.11 Å². The Morgan fingerprint density at radius 1 is 1.40 bits per heavy atom. The highest BCUT2D eigenvalue weighted by Gasteiger charge is 2.44. The average Bonchev–Trinajstić information content (AvgIpc) is 3.20. The molecule has 0 unspecified atom stereocenters. The second-order valence-electron chi connectivity index (χ2n) is 5.20. The number of thioether (sulfide) groups is 1. The summed E-state index contributed by atoms with van der Waals surface area (Å²) in [6.45, 7) is 0. The van der Waals surface area contributed by atoms with Gasteiger partial charge in [0.25, 0.3) is 0 Å². The third-order valence-corrected chi connectivity index (χ3v) is 5.73. The molecule has 0 N–H and O–H groups in total. The molecule has 1 fully saturated rings. The van der Waals surface area contributed by atoms with Crippen molar-refractivity contribution >= 4 is 33.7 Å². The van der Waals surface area contributed by atoms with E-state index < -0.39 is 0 Å². The summed E-state index contributed by atoms with van der Waals surface area (Å²) in [4.78, 5) is 11.4. The lowest BCUT2D eigenvalue weighted by Crippen LogP contribution is -2.13. The van der Waals surface area contributed by atoms with E-state index in [4.69, 9.17) is 9.47 Å². The molecule has 0 atom stereocenters. The van der Waals surface area contributed by atoms with E-state index in [1.807, 2.05) is 23.9 Å². The molecule has 1 saturated carbocycles. The predicted molar refractivity (Wildman–Crippen MR) is 85.2 cm³/mol. The molecule has 1 aliphatic carbocycles. The van der Waals surface area contributed by atoms with E-state index in [2.05, 4.69) is 22.0 Å². The Labute approximate surface area is 132 Å². The number of hydrogen-bond donors (Lipinski definition) is 0. The molecule has 0 saturated heterocycles. The van der Waals surface area contributed by atoms with Crippen molar-refractivity contribution in [2.45, 2.75) is 25.0 Å². The van der Waals surface area contributed by atoms with Gasteiger partial charge in [0.2, 0.25) is 0 Å². The molecule has 0 spiro atoms. The van der Waals surface area contributed by atoms with Crippen molar-refractivity contribution in [1.29, 1.82) is 0 Å². The maximum atomic E-state index is 11.4. The van der Waals surface area contributed by atoms with Gasteiger partial charge in [-0.3, -0.25) is 4.79 Å². The second kappa shape index (κ2) is 6.85. The molecule has 0 aliphatic heterocycles. The monoisotopic (exact) mass is 358 g/mol. The fraction of sp³-hybridized carbons (Fsp3) is 0.533. The first-order valence-corrected chi connectivity index (χ1v) is 8.50. The van der Waals surface area contributed by atoms with Crippen LogP contribution < -0.4 is 4.74 Å². The van der Waals surface area contributed by atoms with Crippen LogP contribution in [-0.2, 0) is 15.3 Å². The van der Waals surface area contributed by atoms with Gasteiger partial charge in [0.1, 0.15) is 5.75 Å². The van der Waals surface area contributed by atoms with Gasteiger partial charge >= 0.3 is 5.97 Å². The topological polar surface area (TPSA) is 35.5 Å². The van der Waals surface area contributed by atoms with Crippen molar-refractivity contribution in [3.8, 4) is 5.75 Å². The second-order valence-corrected chi connectivity index (χ2v) is 7.04. The summed E-state index contributed by atoms with van der Waals surface area (Å²) < 4.78 is 11.1. The Balaban J connectivity index is 1.85. The highest BCUT2D eigenvalue weighted by atomic mass is 79.9. The molecular formula is C15H19BrO3S. The van der Waals surface area contributed by atoms with Gasteiger partial charge in [-0.1, -0.05) is 15.9 Å². The molecule has 0 aromatic heterocycles. The zero-order valence-corrected chi connectivity index (χ0v) is 14.2. The predicted octanol–water partition coefficient (Wildman–Crippen LogP) is 4.03. The average molecular weight is 359 g/mol. The van der Waals surface area contributed by atoms with Crippen molar-refractivity contribution in [2.24, 2.45) is 5.41 Å². The number of esters is 1. The maximum absolute atomic E-state index is 11.4. The zero-order valence-electron chi connectivity index (χ0n) is 11.8. The van der Waals surface area contributed by atoms with Crippen LogP contribution in [0.25, 0.3) is 0 Å². The van der Waals surface area contributed by atoms with Crippen molar-refractivity contribution in [1.82, 2.24) is 0 Å². The lowest BCUT2D eigenvalue weighted by molar-refractivity contribution is -0.141. The maximum Gasteiger partial charge on any atom is 0.306 e. The minimum atomic E-state index is -0.0920.